The summed E-state index contributed by atoms with van der Waals surface area (Å²) >= 11 is 0. The molecule has 2 aromatic carbocycles. The summed E-state index contributed by atoms with van der Waals surface area (Å²) in [4.78, 5) is 27.3. The lowest BCUT2D eigenvalue weighted by molar-refractivity contribution is 0.0748. The number of unbranched alkanes of at least 4 members (excludes halogenated alkanes) is 1. The van der Waals surface area contributed by atoms with Crippen LogP contribution in [0.3, 0.4) is 0 Å². The molecule has 0 fully saturated rings. The molecule has 1 amide bonds. The second-order valence-corrected chi connectivity index (χ2v) is 7.68. The molecular weight excluding hydrogens is 398 g/mol. The zero-order valence-electron chi connectivity index (χ0n) is 17.4. The predicted octanol–water partition coefficient (Wildman–Crippen LogP) is 3.17. The van der Waals surface area contributed by atoms with Crippen LogP contribution in [-0.4, -0.2) is 50.2 Å². The standard InChI is InChI=1S/C23H25N3O5/c1-2-3-4-20(28)22-17-10-18(21(29)11-19(17)24-25-22)23(30)26-12-14-5-6-16(31-8-7-27)9-15(14)13-26/h5-6,9-11,27,29H,2-4,7-8,12-13H2,1H3,(H,24,25). The number of benzene rings is 2. The van der Waals surface area contributed by atoms with Crippen LogP contribution in [-0.2, 0) is 13.1 Å². The SMILES string of the molecule is CCCCC(=O)c1n[nH]c2cc(O)c(C(=O)N3Cc4ccc(OCCO)cc4C3)cc12. The van der Waals surface area contributed by atoms with Gasteiger partial charge in [-0.25, -0.2) is 0 Å². The maximum absolute atomic E-state index is 13.2. The molecule has 0 bridgehead atoms. The Labute approximate surface area is 179 Å². The van der Waals surface area contributed by atoms with Crippen LogP contribution in [0.5, 0.6) is 11.5 Å². The van der Waals surface area contributed by atoms with Crippen molar-refractivity contribution in [2.45, 2.75) is 39.3 Å². The Morgan fingerprint density at radius 2 is 2.00 bits per heavy atom. The molecule has 162 valence electrons. The summed E-state index contributed by atoms with van der Waals surface area (Å²) in [7, 11) is 0. The van der Waals surface area contributed by atoms with E-state index >= 15 is 0 Å². The van der Waals surface area contributed by atoms with Gasteiger partial charge in [-0.3, -0.25) is 14.7 Å². The third-order valence-corrected chi connectivity index (χ3v) is 5.48. The van der Waals surface area contributed by atoms with E-state index < -0.39 is 0 Å². The van der Waals surface area contributed by atoms with Gasteiger partial charge in [-0.1, -0.05) is 19.4 Å². The van der Waals surface area contributed by atoms with E-state index in [1.54, 1.807) is 11.0 Å². The Morgan fingerprint density at radius 1 is 1.19 bits per heavy atom. The molecule has 2 heterocycles. The van der Waals surface area contributed by atoms with Gasteiger partial charge in [0.2, 0.25) is 0 Å². The number of amides is 1. The molecule has 0 aliphatic carbocycles. The summed E-state index contributed by atoms with van der Waals surface area (Å²) in [6, 6.07) is 8.57. The summed E-state index contributed by atoms with van der Waals surface area (Å²) in [6.45, 7) is 2.95. The molecule has 0 spiro atoms. The number of carbonyl (C=O) groups excluding carboxylic acids is 2. The number of hydrogen-bond acceptors (Lipinski definition) is 6. The highest BCUT2D eigenvalue weighted by molar-refractivity contribution is 6.09. The molecule has 0 unspecified atom stereocenters. The second kappa shape index (κ2) is 8.77. The first kappa shape index (κ1) is 20.9. The fraction of sp³-hybridized carbons (Fsp3) is 0.348. The van der Waals surface area contributed by atoms with Gasteiger partial charge in [0.05, 0.1) is 17.7 Å². The van der Waals surface area contributed by atoms with Gasteiger partial charge in [0.25, 0.3) is 5.91 Å². The van der Waals surface area contributed by atoms with Crippen molar-refractivity contribution in [1.29, 1.82) is 0 Å². The van der Waals surface area contributed by atoms with Gasteiger partial charge in [-0.05, 0) is 35.7 Å². The maximum atomic E-state index is 13.2. The molecule has 3 aromatic rings. The number of ether oxygens (including phenoxy) is 1. The molecule has 0 atom stereocenters. The number of carbonyl (C=O) groups is 2. The highest BCUT2D eigenvalue weighted by atomic mass is 16.5. The minimum atomic E-state index is -0.318. The highest BCUT2D eigenvalue weighted by Gasteiger charge is 2.27. The first-order valence-corrected chi connectivity index (χ1v) is 10.4. The van der Waals surface area contributed by atoms with Gasteiger partial charge < -0.3 is 19.8 Å². The van der Waals surface area contributed by atoms with Crippen LogP contribution in [0, 0.1) is 0 Å². The van der Waals surface area contributed by atoms with Gasteiger partial charge in [-0.2, -0.15) is 5.10 Å². The number of hydrogen-bond donors (Lipinski definition) is 3. The number of nitrogens with one attached hydrogen (secondary N) is 1. The van der Waals surface area contributed by atoms with E-state index in [2.05, 4.69) is 10.2 Å². The summed E-state index contributed by atoms with van der Waals surface area (Å²) in [6.07, 6.45) is 2.07. The molecule has 0 saturated heterocycles. The average molecular weight is 423 g/mol. The van der Waals surface area contributed by atoms with Gasteiger partial charge in [-0.15, -0.1) is 0 Å². The van der Waals surface area contributed by atoms with Crippen molar-refractivity contribution in [3.63, 3.8) is 0 Å². The molecular formula is C23H25N3O5. The Morgan fingerprint density at radius 3 is 2.77 bits per heavy atom. The van der Waals surface area contributed by atoms with Gasteiger partial charge in [0.15, 0.2) is 5.78 Å². The first-order valence-electron chi connectivity index (χ1n) is 10.4. The van der Waals surface area contributed by atoms with E-state index in [1.807, 2.05) is 25.1 Å². The van der Waals surface area contributed by atoms with Crippen molar-refractivity contribution in [1.82, 2.24) is 15.1 Å². The molecule has 1 aromatic heterocycles. The van der Waals surface area contributed by atoms with E-state index in [0.717, 1.165) is 24.0 Å². The fourth-order valence-electron chi connectivity index (χ4n) is 3.83. The predicted molar refractivity (Wildman–Crippen MR) is 114 cm³/mol. The molecule has 1 aliphatic heterocycles. The van der Waals surface area contributed by atoms with Gasteiger partial charge in [0, 0.05) is 31.0 Å². The Hall–Kier alpha value is -3.39. The van der Waals surface area contributed by atoms with Crippen LogP contribution in [0.1, 0.15) is 58.2 Å². The smallest absolute Gasteiger partial charge is 0.258 e. The second-order valence-electron chi connectivity index (χ2n) is 7.68. The van der Waals surface area contributed by atoms with E-state index in [-0.39, 0.29) is 36.2 Å². The topological polar surface area (TPSA) is 116 Å². The minimum absolute atomic E-state index is 0.0691. The van der Waals surface area contributed by atoms with Crippen molar-refractivity contribution in [2.75, 3.05) is 13.2 Å². The Bertz CT molecular complexity index is 1140. The summed E-state index contributed by atoms with van der Waals surface area (Å²) in [5.41, 5.74) is 2.92. The van der Waals surface area contributed by atoms with Crippen LogP contribution in [0.15, 0.2) is 30.3 Å². The lowest BCUT2D eigenvalue weighted by atomic mass is 10.0. The van der Waals surface area contributed by atoms with E-state index in [1.165, 1.54) is 6.07 Å². The van der Waals surface area contributed by atoms with Crippen molar-refractivity contribution in [3.8, 4) is 11.5 Å². The van der Waals surface area contributed by atoms with Crippen LogP contribution >= 0.6 is 0 Å². The lowest BCUT2D eigenvalue weighted by Crippen LogP contribution is -2.25. The largest absolute Gasteiger partial charge is 0.507 e. The molecule has 4 rings (SSSR count). The van der Waals surface area contributed by atoms with Crippen LogP contribution in [0.4, 0.5) is 0 Å². The average Bonchev–Trinajstić information content (AvgIpc) is 3.38. The molecule has 0 saturated carbocycles. The molecule has 0 radical (unpaired) electrons. The summed E-state index contributed by atoms with van der Waals surface area (Å²) < 4.78 is 5.45. The van der Waals surface area contributed by atoms with Gasteiger partial charge >= 0.3 is 0 Å². The fourth-order valence-corrected chi connectivity index (χ4v) is 3.83. The number of aliphatic hydroxyl groups is 1. The zero-order valence-corrected chi connectivity index (χ0v) is 17.4. The van der Waals surface area contributed by atoms with Crippen LogP contribution in [0.2, 0.25) is 0 Å². The van der Waals surface area contributed by atoms with E-state index in [9.17, 15) is 14.7 Å². The highest BCUT2D eigenvalue weighted by Crippen LogP contribution is 2.32. The van der Waals surface area contributed by atoms with Crippen LogP contribution < -0.4 is 4.74 Å². The third kappa shape index (κ3) is 4.11. The Balaban J connectivity index is 1.58. The van der Waals surface area contributed by atoms with E-state index in [4.69, 9.17) is 9.84 Å². The number of aromatic amines is 1. The molecule has 1 aliphatic rings. The number of phenolic OH excluding ortho intramolecular Hbond substituents is 1. The van der Waals surface area contributed by atoms with E-state index in [0.29, 0.717) is 41.9 Å². The molecule has 31 heavy (non-hydrogen) atoms. The molecule has 8 nitrogen and oxygen atoms in total. The minimum Gasteiger partial charge on any atom is -0.507 e. The normalized spacial score (nSPS) is 12.9. The number of aromatic hydroxyl groups is 1. The van der Waals surface area contributed by atoms with Crippen molar-refractivity contribution in [2.24, 2.45) is 0 Å². The number of rotatable bonds is 8. The third-order valence-electron chi connectivity index (χ3n) is 5.48. The number of ketones is 1. The first-order chi connectivity index (χ1) is 15.0. The van der Waals surface area contributed by atoms with Crippen molar-refractivity contribution >= 4 is 22.6 Å². The maximum Gasteiger partial charge on any atom is 0.258 e. The quantitative estimate of drug-likeness (QED) is 0.479. The summed E-state index contributed by atoms with van der Waals surface area (Å²) in [5.74, 6) is 0.0828. The van der Waals surface area contributed by atoms with Gasteiger partial charge in [0.1, 0.15) is 23.8 Å². The molecule has 3 N–H and O–H groups in total. The number of aromatic nitrogens is 2. The number of nitrogens with zero attached hydrogens (tertiary/aromatic N) is 2. The number of aliphatic hydroxyl groups excluding tert-OH is 1. The van der Waals surface area contributed by atoms with Crippen molar-refractivity contribution in [3.05, 3.63) is 52.7 Å². The van der Waals surface area contributed by atoms with Crippen molar-refractivity contribution < 1.29 is 24.5 Å². The number of phenols is 1. The van der Waals surface area contributed by atoms with Crippen LogP contribution in [0.25, 0.3) is 10.9 Å². The monoisotopic (exact) mass is 423 g/mol. The number of fused-ring (bicyclic) bond motifs is 2. The lowest BCUT2D eigenvalue weighted by Gasteiger charge is -2.16. The number of Topliss-reactive ketones (excluding diaryl/α,β-unsaturated/α-hetero) is 1. The summed E-state index contributed by atoms with van der Waals surface area (Å²) in [5, 5.41) is 26.8. The number of H-pyrrole nitrogens is 1. The Kier molecular flexibility index (Phi) is 5.90. The zero-order chi connectivity index (χ0) is 22.0. The molecule has 8 heteroatoms.